The zero-order chi connectivity index (χ0) is 15.8. The zero-order valence-corrected chi connectivity index (χ0v) is 12.9. The lowest BCUT2D eigenvalue weighted by molar-refractivity contribution is 0.572. The smallest absolute Gasteiger partial charge is 0.267 e. The van der Waals surface area contributed by atoms with E-state index < -0.39 is 0 Å². The second kappa shape index (κ2) is 5.46. The lowest BCUT2D eigenvalue weighted by Gasteiger charge is -2.29. The van der Waals surface area contributed by atoms with E-state index in [9.17, 15) is 4.79 Å². The highest BCUT2D eigenvalue weighted by Crippen LogP contribution is 2.22. The van der Waals surface area contributed by atoms with E-state index in [1.54, 1.807) is 12.3 Å². The quantitative estimate of drug-likeness (QED) is 0.722. The van der Waals surface area contributed by atoms with Crippen LogP contribution in [-0.2, 0) is 19.5 Å². The molecule has 1 aromatic carbocycles. The zero-order valence-electron chi connectivity index (χ0n) is 12.9. The lowest BCUT2D eigenvalue weighted by atomic mass is 10.1. The molecule has 0 radical (unpaired) electrons. The molecule has 23 heavy (non-hydrogen) atoms. The van der Waals surface area contributed by atoms with Crippen LogP contribution in [-0.4, -0.2) is 26.3 Å². The van der Waals surface area contributed by atoms with Crippen LogP contribution in [0.2, 0.25) is 0 Å². The van der Waals surface area contributed by atoms with Crippen molar-refractivity contribution in [2.45, 2.75) is 26.4 Å². The minimum Gasteiger partial charge on any atom is -0.351 e. The SMILES string of the molecule is CCn1nc2c(cc1=O)CN(c1cnc3ccccc3n1)CC2. The van der Waals surface area contributed by atoms with Crippen molar-refractivity contribution >= 4 is 16.9 Å². The predicted octanol–water partition coefficient (Wildman–Crippen LogP) is 1.77. The first-order valence-corrected chi connectivity index (χ1v) is 7.81. The molecular formula is C17H17N5O. The molecule has 0 saturated heterocycles. The molecule has 0 amide bonds. The van der Waals surface area contributed by atoms with Crippen LogP contribution in [0.15, 0.2) is 41.3 Å². The Morgan fingerprint density at radius 1 is 1.22 bits per heavy atom. The molecule has 3 aromatic rings. The summed E-state index contributed by atoms with van der Waals surface area (Å²) >= 11 is 0. The molecular weight excluding hydrogens is 290 g/mol. The summed E-state index contributed by atoms with van der Waals surface area (Å²) < 4.78 is 1.52. The molecule has 0 bridgehead atoms. The maximum absolute atomic E-state index is 12.0. The number of hydrogen-bond donors (Lipinski definition) is 0. The molecule has 0 saturated carbocycles. The Balaban J connectivity index is 1.69. The Morgan fingerprint density at radius 2 is 2.04 bits per heavy atom. The fourth-order valence-electron chi connectivity index (χ4n) is 2.96. The average Bonchev–Trinajstić information content (AvgIpc) is 2.60. The van der Waals surface area contributed by atoms with E-state index in [-0.39, 0.29) is 5.56 Å². The first-order chi connectivity index (χ1) is 11.2. The molecule has 0 aliphatic carbocycles. The van der Waals surface area contributed by atoms with Crippen LogP contribution in [0.5, 0.6) is 0 Å². The maximum Gasteiger partial charge on any atom is 0.267 e. The molecule has 0 atom stereocenters. The van der Waals surface area contributed by atoms with Crippen molar-refractivity contribution in [2.75, 3.05) is 11.4 Å². The fraction of sp³-hybridized carbons (Fsp3) is 0.294. The maximum atomic E-state index is 12.0. The standard InChI is InChI=1S/C17H17N5O/c1-2-22-17(23)9-12-11-21(8-7-13(12)20-22)16-10-18-14-5-3-4-6-15(14)19-16/h3-6,9-10H,2,7-8,11H2,1H3. The van der Waals surface area contributed by atoms with Gasteiger partial charge in [-0.3, -0.25) is 9.78 Å². The van der Waals surface area contributed by atoms with Gasteiger partial charge in [-0.15, -0.1) is 0 Å². The number of anilines is 1. The van der Waals surface area contributed by atoms with Crippen LogP contribution in [0.3, 0.4) is 0 Å². The second-order valence-electron chi connectivity index (χ2n) is 5.66. The van der Waals surface area contributed by atoms with Crippen molar-refractivity contribution in [3.8, 4) is 0 Å². The van der Waals surface area contributed by atoms with Gasteiger partial charge < -0.3 is 4.90 Å². The van der Waals surface area contributed by atoms with Crippen LogP contribution in [0, 0.1) is 0 Å². The van der Waals surface area contributed by atoms with Crippen molar-refractivity contribution in [2.24, 2.45) is 0 Å². The molecule has 0 N–H and O–H groups in total. The molecule has 6 heteroatoms. The molecule has 0 fully saturated rings. The monoisotopic (exact) mass is 307 g/mol. The van der Waals surface area contributed by atoms with Gasteiger partial charge in [0.1, 0.15) is 5.82 Å². The van der Waals surface area contributed by atoms with Crippen LogP contribution in [0.25, 0.3) is 11.0 Å². The number of rotatable bonds is 2. The van der Waals surface area contributed by atoms with Crippen molar-refractivity contribution in [3.05, 3.63) is 58.1 Å². The normalized spacial score (nSPS) is 14.0. The van der Waals surface area contributed by atoms with E-state index >= 15 is 0 Å². The van der Waals surface area contributed by atoms with Gasteiger partial charge in [-0.2, -0.15) is 5.10 Å². The van der Waals surface area contributed by atoms with E-state index in [0.29, 0.717) is 13.1 Å². The molecule has 2 aromatic heterocycles. The van der Waals surface area contributed by atoms with Crippen LogP contribution in [0.1, 0.15) is 18.2 Å². The summed E-state index contributed by atoms with van der Waals surface area (Å²) in [5, 5.41) is 4.45. The highest BCUT2D eigenvalue weighted by atomic mass is 16.1. The summed E-state index contributed by atoms with van der Waals surface area (Å²) in [6.07, 6.45) is 2.61. The minimum absolute atomic E-state index is 0.0438. The van der Waals surface area contributed by atoms with Gasteiger partial charge in [0.25, 0.3) is 5.56 Å². The number of benzene rings is 1. The van der Waals surface area contributed by atoms with Crippen molar-refractivity contribution in [1.82, 2.24) is 19.7 Å². The van der Waals surface area contributed by atoms with Gasteiger partial charge in [0.2, 0.25) is 0 Å². The van der Waals surface area contributed by atoms with Crippen molar-refractivity contribution < 1.29 is 0 Å². The Kier molecular flexibility index (Phi) is 3.29. The largest absolute Gasteiger partial charge is 0.351 e. The highest BCUT2D eigenvalue weighted by molar-refractivity contribution is 5.75. The first-order valence-electron chi connectivity index (χ1n) is 7.81. The van der Waals surface area contributed by atoms with Crippen molar-refractivity contribution in [1.29, 1.82) is 0 Å². The van der Waals surface area contributed by atoms with Crippen LogP contribution < -0.4 is 10.5 Å². The van der Waals surface area contributed by atoms with E-state index in [4.69, 9.17) is 0 Å². The molecule has 4 rings (SSSR count). The summed E-state index contributed by atoms with van der Waals surface area (Å²) in [7, 11) is 0. The van der Waals surface area contributed by atoms with E-state index in [1.807, 2.05) is 31.2 Å². The Bertz CT molecular complexity index is 934. The summed E-state index contributed by atoms with van der Waals surface area (Å²) in [6.45, 7) is 4.01. The lowest BCUT2D eigenvalue weighted by Crippen LogP contribution is -2.35. The number of nitrogens with zero attached hydrogens (tertiary/aromatic N) is 5. The minimum atomic E-state index is -0.0438. The summed E-state index contributed by atoms with van der Waals surface area (Å²) in [4.78, 5) is 23.3. The van der Waals surface area contributed by atoms with E-state index in [2.05, 4.69) is 20.0 Å². The molecule has 1 aliphatic heterocycles. The third-order valence-electron chi connectivity index (χ3n) is 4.20. The summed E-state index contributed by atoms with van der Waals surface area (Å²) in [5.74, 6) is 0.842. The summed E-state index contributed by atoms with van der Waals surface area (Å²) in [6, 6.07) is 9.54. The molecule has 0 spiro atoms. The van der Waals surface area contributed by atoms with Gasteiger partial charge in [0.15, 0.2) is 0 Å². The fourth-order valence-corrected chi connectivity index (χ4v) is 2.96. The second-order valence-corrected chi connectivity index (χ2v) is 5.66. The Morgan fingerprint density at radius 3 is 2.87 bits per heavy atom. The number of aromatic nitrogens is 4. The van der Waals surface area contributed by atoms with E-state index in [1.165, 1.54) is 4.68 Å². The van der Waals surface area contributed by atoms with Gasteiger partial charge >= 0.3 is 0 Å². The molecule has 3 heterocycles. The number of hydrogen-bond acceptors (Lipinski definition) is 5. The summed E-state index contributed by atoms with van der Waals surface area (Å²) in [5.41, 5.74) is 3.73. The number of para-hydroxylation sites is 2. The predicted molar refractivity (Wildman–Crippen MR) is 88.5 cm³/mol. The van der Waals surface area contributed by atoms with Gasteiger partial charge in [-0.25, -0.2) is 9.67 Å². The topological polar surface area (TPSA) is 63.9 Å². The average molecular weight is 307 g/mol. The van der Waals surface area contributed by atoms with Gasteiger partial charge in [-0.1, -0.05) is 12.1 Å². The third-order valence-corrected chi connectivity index (χ3v) is 4.20. The molecule has 0 unspecified atom stereocenters. The number of fused-ring (bicyclic) bond motifs is 2. The first kappa shape index (κ1) is 13.9. The van der Waals surface area contributed by atoms with E-state index in [0.717, 1.165) is 41.1 Å². The van der Waals surface area contributed by atoms with Crippen LogP contribution >= 0.6 is 0 Å². The van der Waals surface area contributed by atoms with Gasteiger partial charge in [0, 0.05) is 37.7 Å². The van der Waals surface area contributed by atoms with Gasteiger partial charge in [-0.05, 0) is 19.1 Å². The highest BCUT2D eigenvalue weighted by Gasteiger charge is 2.20. The Labute approximate surface area is 133 Å². The van der Waals surface area contributed by atoms with Crippen LogP contribution in [0.4, 0.5) is 5.82 Å². The molecule has 6 nitrogen and oxygen atoms in total. The molecule has 1 aliphatic rings. The Hall–Kier alpha value is -2.76. The molecule has 116 valence electrons. The van der Waals surface area contributed by atoms with Gasteiger partial charge in [0.05, 0.1) is 22.9 Å². The number of aryl methyl sites for hydroxylation is 1. The third kappa shape index (κ3) is 2.46. The van der Waals surface area contributed by atoms with Crippen molar-refractivity contribution in [3.63, 3.8) is 0 Å².